The van der Waals surface area contributed by atoms with Crippen LogP contribution in [0.2, 0.25) is 0 Å². The van der Waals surface area contributed by atoms with Gasteiger partial charge in [0.05, 0.1) is 0 Å². The van der Waals surface area contributed by atoms with Crippen molar-refractivity contribution in [2.45, 2.75) is 0 Å². The minimum absolute atomic E-state index is 0. The standard InChI is InChI=1S/3H2N.Nd/h3*1H2;/q3*-1;+3. The Morgan fingerprint density at radius 1 is 0.500 bits per heavy atom. The molecule has 1 radical (unpaired) electrons. The summed E-state index contributed by atoms with van der Waals surface area (Å²) in [4.78, 5) is 0. The molecule has 0 atom stereocenters. The SMILES string of the molecule is [NH2-].[NH2-].[NH2-].[Nd+3]. The van der Waals surface area contributed by atoms with Crippen LogP contribution in [0.15, 0.2) is 0 Å². The molecule has 3 nitrogen and oxygen atoms in total. The summed E-state index contributed by atoms with van der Waals surface area (Å²) in [7, 11) is 0. The maximum absolute atomic E-state index is 0. The quantitative estimate of drug-likeness (QED) is 0.561. The molecule has 4 heavy (non-hydrogen) atoms. The van der Waals surface area contributed by atoms with Crippen LogP contribution in [0.4, 0.5) is 0 Å². The minimum atomic E-state index is 0. The zero-order chi connectivity index (χ0) is 0. The van der Waals surface area contributed by atoms with Crippen molar-refractivity contribution < 1.29 is 40.8 Å². The zero-order valence-corrected chi connectivity index (χ0v) is 5.44. The molecule has 0 fully saturated rings. The van der Waals surface area contributed by atoms with Gasteiger partial charge in [0.15, 0.2) is 0 Å². The van der Waals surface area contributed by atoms with E-state index in [1.165, 1.54) is 0 Å². The molecule has 0 heterocycles. The van der Waals surface area contributed by atoms with Crippen molar-refractivity contribution in [1.82, 2.24) is 0 Å². The van der Waals surface area contributed by atoms with Gasteiger partial charge in [0.2, 0.25) is 0 Å². The van der Waals surface area contributed by atoms with E-state index < -0.39 is 0 Å². The first kappa shape index (κ1) is 61.8. The molecule has 0 saturated carbocycles. The van der Waals surface area contributed by atoms with E-state index >= 15 is 0 Å². The van der Waals surface area contributed by atoms with Crippen molar-refractivity contribution >= 4 is 0 Å². The van der Waals surface area contributed by atoms with Crippen molar-refractivity contribution in [3.05, 3.63) is 18.5 Å². The molecule has 0 aromatic carbocycles. The fourth-order valence-corrected chi connectivity index (χ4v) is 0. The van der Waals surface area contributed by atoms with E-state index in [4.69, 9.17) is 0 Å². The minimum Gasteiger partial charge on any atom is -0.693 e. The molecule has 0 bridgehead atoms. The molecule has 25 valence electrons. The van der Waals surface area contributed by atoms with Crippen LogP contribution in [0, 0.1) is 40.8 Å². The molecule has 0 aromatic heterocycles. The molecular weight excluding hydrogens is 186 g/mol. The van der Waals surface area contributed by atoms with Gasteiger partial charge in [0.25, 0.3) is 0 Å². The smallest absolute Gasteiger partial charge is 0.693 e. The van der Waals surface area contributed by atoms with Gasteiger partial charge in [-0.15, -0.1) is 0 Å². The summed E-state index contributed by atoms with van der Waals surface area (Å²) in [6.07, 6.45) is 0. The van der Waals surface area contributed by atoms with Crippen LogP contribution in [-0.2, 0) is 0 Å². The average molecular weight is 192 g/mol. The number of nitrogens with two attached hydrogens (primary N) is 3. The van der Waals surface area contributed by atoms with Crippen molar-refractivity contribution in [3.8, 4) is 0 Å². The Bertz CT molecular complexity index is 3.25. The van der Waals surface area contributed by atoms with Crippen LogP contribution in [0.5, 0.6) is 0 Å². The summed E-state index contributed by atoms with van der Waals surface area (Å²) >= 11 is 0. The third-order valence-electron chi connectivity index (χ3n) is 0. The number of hydrogen-bond donors (Lipinski definition) is 0. The van der Waals surface area contributed by atoms with E-state index in [9.17, 15) is 0 Å². The van der Waals surface area contributed by atoms with Gasteiger partial charge in [0.1, 0.15) is 0 Å². The van der Waals surface area contributed by atoms with Gasteiger partial charge in [-0.3, -0.25) is 0 Å². The maximum atomic E-state index is 0. The van der Waals surface area contributed by atoms with Crippen molar-refractivity contribution in [3.63, 3.8) is 0 Å². The van der Waals surface area contributed by atoms with E-state index in [0.29, 0.717) is 0 Å². The fraction of sp³-hybridized carbons (Fsp3) is 0. The molecule has 0 unspecified atom stereocenters. The summed E-state index contributed by atoms with van der Waals surface area (Å²) in [5, 5.41) is 0. The second-order valence-electron chi connectivity index (χ2n) is 0. The summed E-state index contributed by atoms with van der Waals surface area (Å²) in [6, 6.07) is 0. The molecule has 6 N–H and O–H groups in total. The fourth-order valence-electron chi connectivity index (χ4n) is 0. The van der Waals surface area contributed by atoms with E-state index in [1.807, 2.05) is 0 Å². The molecular formula is H6N3Nd. The maximum Gasteiger partial charge on any atom is 3.00 e. The largest absolute Gasteiger partial charge is 3.00 e. The third-order valence-corrected chi connectivity index (χ3v) is 0. The van der Waals surface area contributed by atoms with Gasteiger partial charge < -0.3 is 18.5 Å². The molecule has 0 aromatic rings. The summed E-state index contributed by atoms with van der Waals surface area (Å²) in [6.45, 7) is 0. The van der Waals surface area contributed by atoms with Crippen molar-refractivity contribution in [1.29, 1.82) is 0 Å². The van der Waals surface area contributed by atoms with Crippen LogP contribution in [0.1, 0.15) is 0 Å². The number of hydrogen-bond acceptors (Lipinski definition) is 0. The van der Waals surface area contributed by atoms with Crippen LogP contribution in [0.3, 0.4) is 0 Å². The Hall–Kier alpha value is 1.23. The molecule has 0 spiro atoms. The van der Waals surface area contributed by atoms with Crippen LogP contribution in [-0.4, -0.2) is 0 Å². The Labute approximate surface area is 58.8 Å². The third kappa shape index (κ3) is 10.6. The van der Waals surface area contributed by atoms with Gasteiger partial charge in [-0.2, -0.15) is 0 Å². The van der Waals surface area contributed by atoms with Crippen molar-refractivity contribution in [2.24, 2.45) is 0 Å². The van der Waals surface area contributed by atoms with Gasteiger partial charge in [-0.1, -0.05) is 0 Å². The first-order valence-electron chi connectivity index (χ1n) is 0. The van der Waals surface area contributed by atoms with E-state index in [-0.39, 0.29) is 59.3 Å². The monoisotopic (exact) mass is 190 g/mol. The normalized spacial score (nSPS) is 0. The summed E-state index contributed by atoms with van der Waals surface area (Å²) in [5.74, 6) is 0. The van der Waals surface area contributed by atoms with Gasteiger partial charge in [-0.25, -0.2) is 0 Å². The molecule has 0 saturated heterocycles. The Morgan fingerprint density at radius 3 is 0.500 bits per heavy atom. The zero-order valence-electron chi connectivity index (χ0n) is 2.23. The van der Waals surface area contributed by atoms with E-state index in [2.05, 4.69) is 0 Å². The summed E-state index contributed by atoms with van der Waals surface area (Å²) < 4.78 is 0. The first-order valence-corrected chi connectivity index (χ1v) is 0. The van der Waals surface area contributed by atoms with E-state index in [1.54, 1.807) is 0 Å². The Balaban J connectivity index is 0. The van der Waals surface area contributed by atoms with Gasteiger partial charge >= 0.3 is 40.8 Å². The van der Waals surface area contributed by atoms with Gasteiger partial charge in [0, 0.05) is 0 Å². The van der Waals surface area contributed by atoms with Crippen LogP contribution in [0.25, 0.3) is 18.5 Å². The van der Waals surface area contributed by atoms with Crippen molar-refractivity contribution in [2.75, 3.05) is 0 Å². The molecule has 0 aliphatic carbocycles. The second kappa shape index (κ2) is 29.2. The second-order valence-corrected chi connectivity index (χ2v) is 0. The topological polar surface area (TPSA) is 100 Å². The molecule has 4 heteroatoms. The van der Waals surface area contributed by atoms with E-state index in [0.717, 1.165) is 0 Å². The Morgan fingerprint density at radius 2 is 0.500 bits per heavy atom. The number of rotatable bonds is 0. The predicted molar refractivity (Wildman–Crippen MR) is 15.9 cm³/mol. The molecule has 0 rings (SSSR count). The van der Waals surface area contributed by atoms with Crippen LogP contribution >= 0.6 is 0 Å². The predicted octanol–water partition coefficient (Wildman–Crippen LogP) is 2.15. The van der Waals surface area contributed by atoms with Crippen LogP contribution < -0.4 is 0 Å². The average Bonchev–Trinajstić information content (AvgIpc) is 0. The van der Waals surface area contributed by atoms with Gasteiger partial charge in [-0.05, 0) is 0 Å². The Kier molecular flexibility index (Phi) is 451. The first-order chi connectivity index (χ1) is 0. The molecule has 0 aliphatic heterocycles. The molecule has 0 aliphatic rings. The molecule has 0 amide bonds. The summed E-state index contributed by atoms with van der Waals surface area (Å²) in [5.41, 5.74) is 0.